The lowest BCUT2D eigenvalue weighted by molar-refractivity contribution is -0.385. The van der Waals surface area contributed by atoms with E-state index < -0.39 is 0 Å². The molecule has 1 aliphatic rings. The summed E-state index contributed by atoms with van der Waals surface area (Å²) < 4.78 is 0. The first-order valence-corrected chi connectivity index (χ1v) is 6.64. The Bertz CT molecular complexity index is 451. The van der Waals surface area contributed by atoms with Gasteiger partial charge in [0, 0.05) is 22.7 Å². The molecule has 0 heterocycles. The molecule has 2 rings (SSSR count). The second-order valence-corrected chi connectivity index (χ2v) is 5.38. The van der Waals surface area contributed by atoms with Crippen LogP contribution in [-0.4, -0.2) is 11.0 Å². The summed E-state index contributed by atoms with van der Waals surface area (Å²) in [6, 6.07) is 4.88. The molecule has 2 unspecified atom stereocenters. The number of nitro benzene ring substituents is 1. The largest absolute Gasteiger partial charge is 0.327 e. The van der Waals surface area contributed by atoms with E-state index in [9.17, 15) is 10.1 Å². The monoisotopic (exact) mass is 268 g/mol. The molecule has 2 atom stereocenters. The lowest BCUT2D eigenvalue weighted by atomic mass is 9.81. The second kappa shape index (κ2) is 5.67. The molecule has 5 heteroatoms. The Morgan fingerprint density at radius 2 is 2.11 bits per heavy atom. The van der Waals surface area contributed by atoms with E-state index in [1.807, 2.05) is 0 Å². The average molecular weight is 269 g/mol. The number of benzene rings is 1. The predicted octanol–water partition coefficient (Wildman–Crippen LogP) is 3.31. The van der Waals surface area contributed by atoms with Crippen LogP contribution < -0.4 is 5.73 Å². The van der Waals surface area contributed by atoms with Crippen molar-refractivity contribution in [3.63, 3.8) is 0 Å². The molecule has 0 amide bonds. The molecule has 1 aromatic carbocycles. The maximum absolute atomic E-state index is 11.0. The SMILES string of the molecule is NC1CCCCC1Cc1cc(Cl)ccc1[N+](=O)[O-]. The molecule has 0 bridgehead atoms. The molecular formula is C13H17ClN2O2. The fourth-order valence-electron chi connectivity index (χ4n) is 2.67. The third kappa shape index (κ3) is 3.00. The first kappa shape index (κ1) is 13.3. The average Bonchev–Trinajstić information content (AvgIpc) is 2.32. The molecule has 0 radical (unpaired) electrons. The number of nitrogens with zero attached hydrogens (tertiary/aromatic N) is 1. The first-order valence-electron chi connectivity index (χ1n) is 6.26. The Morgan fingerprint density at radius 1 is 1.39 bits per heavy atom. The zero-order chi connectivity index (χ0) is 13.1. The van der Waals surface area contributed by atoms with Gasteiger partial charge in [0.05, 0.1) is 4.92 Å². The molecule has 0 saturated heterocycles. The van der Waals surface area contributed by atoms with Gasteiger partial charge in [0.1, 0.15) is 0 Å². The van der Waals surface area contributed by atoms with Crippen LogP contribution in [0.3, 0.4) is 0 Å². The first-order chi connectivity index (χ1) is 8.58. The van der Waals surface area contributed by atoms with Crippen molar-refractivity contribution in [2.45, 2.75) is 38.1 Å². The molecule has 98 valence electrons. The van der Waals surface area contributed by atoms with Crippen molar-refractivity contribution in [2.75, 3.05) is 0 Å². The van der Waals surface area contributed by atoms with E-state index in [2.05, 4.69) is 0 Å². The standard InChI is InChI=1S/C13H17ClN2O2/c14-11-5-6-13(16(17)18)10(8-11)7-9-3-1-2-4-12(9)15/h5-6,8-9,12H,1-4,7,15H2. The highest BCUT2D eigenvalue weighted by Crippen LogP contribution is 2.31. The summed E-state index contributed by atoms with van der Waals surface area (Å²) in [7, 11) is 0. The van der Waals surface area contributed by atoms with Gasteiger partial charge in [-0.15, -0.1) is 0 Å². The molecule has 0 spiro atoms. The molecule has 1 aromatic rings. The topological polar surface area (TPSA) is 69.2 Å². The van der Waals surface area contributed by atoms with Gasteiger partial charge in [0.25, 0.3) is 5.69 Å². The molecule has 0 aliphatic heterocycles. The Hall–Kier alpha value is -1.13. The van der Waals surface area contributed by atoms with Crippen LogP contribution in [0.15, 0.2) is 18.2 Å². The number of nitro groups is 1. The summed E-state index contributed by atoms with van der Waals surface area (Å²) in [6.45, 7) is 0. The Labute approximate surface area is 111 Å². The summed E-state index contributed by atoms with van der Waals surface area (Å²) in [5.41, 5.74) is 6.94. The van der Waals surface area contributed by atoms with Crippen LogP contribution >= 0.6 is 11.6 Å². The van der Waals surface area contributed by atoms with Gasteiger partial charge in [-0.05, 0) is 37.3 Å². The van der Waals surface area contributed by atoms with Gasteiger partial charge in [-0.1, -0.05) is 24.4 Å². The van der Waals surface area contributed by atoms with Gasteiger partial charge >= 0.3 is 0 Å². The van der Waals surface area contributed by atoms with Crippen molar-refractivity contribution >= 4 is 17.3 Å². The Morgan fingerprint density at radius 3 is 2.78 bits per heavy atom. The Kier molecular flexibility index (Phi) is 4.19. The molecule has 1 fully saturated rings. The van der Waals surface area contributed by atoms with E-state index in [-0.39, 0.29) is 16.7 Å². The lowest BCUT2D eigenvalue weighted by Crippen LogP contribution is -2.34. The van der Waals surface area contributed by atoms with E-state index in [4.69, 9.17) is 17.3 Å². The van der Waals surface area contributed by atoms with E-state index in [0.717, 1.165) is 25.7 Å². The smallest absolute Gasteiger partial charge is 0.272 e. The number of nitrogens with two attached hydrogens (primary N) is 1. The molecular weight excluding hydrogens is 252 g/mol. The highest BCUT2D eigenvalue weighted by molar-refractivity contribution is 6.30. The molecule has 0 aromatic heterocycles. The van der Waals surface area contributed by atoms with E-state index >= 15 is 0 Å². The zero-order valence-corrected chi connectivity index (χ0v) is 10.9. The normalized spacial score (nSPS) is 23.9. The fourth-order valence-corrected chi connectivity index (χ4v) is 2.86. The van der Waals surface area contributed by atoms with Crippen LogP contribution in [-0.2, 0) is 6.42 Å². The van der Waals surface area contributed by atoms with Crippen LogP contribution in [0.25, 0.3) is 0 Å². The summed E-state index contributed by atoms with van der Waals surface area (Å²) in [6.07, 6.45) is 5.03. The van der Waals surface area contributed by atoms with Crippen LogP contribution in [0.4, 0.5) is 5.69 Å². The second-order valence-electron chi connectivity index (χ2n) is 4.94. The van der Waals surface area contributed by atoms with Gasteiger partial charge in [-0.2, -0.15) is 0 Å². The number of hydrogen-bond donors (Lipinski definition) is 1. The van der Waals surface area contributed by atoms with Gasteiger partial charge in [0.15, 0.2) is 0 Å². The molecule has 1 aliphatic carbocycles. The van der Waals surface area contributed by atoms with E-state index in [1.54, 1.807) is 12.1 Å². The van der Waals surface area contributed by atoms with Gasteiger partial charge in [-0.3, -0.25) is 10.1 Å². The predicted molar refractivity (Wildman–Crippen MR) is 71.7 cm³/mol. The van der Waals surface area contributed by atoms with Gasteiger partial charge < -0.3 is 5.73 Å². The third-order valence-electron chi connectivity index (χ3n) is 3.69. The van der Waals surface area contributed by atoms with Crippen LogP contribution in [0, 0.1) is 16.0 Å². The maximum atomic E-state index is 11.0. The molecule has 4 nitrogen and oxygen atoms in total. The summed E-state index contributed by atoms with van der Waals surface area (Å²) >= 11 is 5.92. The van der Waals surface area contributed by atoms with Gasteiger partial charge in [0.2, 0.25) is 0 Å². The van der Waals surface area contributed by atoms with E-state index in [0.29, 0.717) is 22.9 Å². The molecule has 2 N–H and O–H groups in total. The minimum atomic E-state index is -0.347. The van der Waals surface area contributed by atoms with Crippen molar-refractivity contribution in [2.24, 2.45) is 11.7 Å². The van der Waals surface area contributed by atoms with Gasteiger partial charge in [-0.25, -0.2) is 0 Å². The fraction of sp³-hybridized carbons (Fsp3) is 0.538. The van der Waals surface area contributed by atoms with Crippen LogP contribution in [0.5, 0.6) is 0 Å². The summed E-state index contributed by atoms with van der Waals surface area (Å²) in [4.78, 5) is 10.6. The zero-order valence-electron chi connectivity index (χ0n) is 10.1. The van der Waals surface area contributed by atoms with Crippen LogP contribution in [0.1, 0.15) is 31.2 Å². The third-order valence-corrected chi connectivity index (χ3v) is 3.92. The molecule has 18 heavy (non-hydrogen) atoms. The van der Waals surface area contributed by atoms with Crippen molar-refractivity contribution in [1.82, 2.24) is 0 Å². The quantitative estimate of drug-likeness (QED) is 0.675. The Balaban J connectivity index is 2.21. The lowest BCUT2D eigenvalue weighted by Gasteiger charge is -2.28. The van der Waals surface area contributed by atoms with Crippen molar-refractivity contribution < 1.29 is 4.92 Å². The van der Waals surface area contributed by atoms with Crippen molar-refractivity contribution in [3.05, 3.63) is 38.9 Å². The highest BCUT2D eigenvalue weighted by atomic mass is 35.5. The summed E-state index contributed by atoms with van der Waals surface area (Å²) in [5, 5.41) is 11.5. The van der Waals surface area contributed by atoms with Crippen molar-refractivity contribution in [3.8, 4) is 0 Å². The minimum Gasteiger partial charge on any atom is -0.327 e. The highest BCUT2D eigenvalue weighted by Gasteiger charge is 2.25. The number of halogens is 1. The van der Waals surface area contributed by atoms with Crippen LogP contribution in [0.2, 0.25) is 5.02 Å². The van der Waals surface area contributed by atoms with Crippen molar-refractivity contribution in [1.29, 1.82) is 0 Å². The van der Waals surface area contributed by atoms with E-state index in [1.165, 1.54) is 6.07 Å². The minimum absolute atomic E-state index is 0.150. The number of hydrogen-bond acceptors (Lipinski definition) is 3. The summed E-state index contributed by atoms with van der Waals surface area (Å²) in [5.74, 6) is 0.330. The maximum Gasteiger partial charge on any atom is 0.272 e. The molecule has 1 saturated carbocycles. The number of rotatable bonds is 3.